The average Bonchev–Trinajstić information content (AvgIpc) is 3.15. The van der Waals surface area contributed by atoms with Crippen LogP contribution in [-0.2, 0) is 23.6 Å². The first-order valence-electron chi connectivity index (χ1n) is 15.2. The highest BCUT2D eigenvalue weighted by Gasteiger charge is 2.29. The van der Waals surface area contributed by atoms with Crippen LogP contribution in [-0.4, -0.2) is 4.98 Å². The molecule has 46 heavy (non-hydrogen) atoms. The highest BCUT2D eigenvalue weighted by Crippen LogP contribution is 2.47. The van der Waals surface area contributed by atoms with Crippen LogP contribution in [0.25, 0.3) is 22.4 Å². The Morgan fingerprint density at radius 3 is 1.09 bits per heavy atom. The lowest BCUT2D eigenvalue weighted by atomic mass is 10.1. The van der Waals surface area contributed by atoms with Crippen molar-refractivity contribution in [2.24, 2.45) is 0 Å². The molecule has 1 aromatic heterocycles. The number of benzene rings is 6. The van der Waals surface area contributed by atoms with Gasteiger partial charge in [0.25, 0.3) is 0 Å². The third kappa shape index (κ3) is 5.55. The number of hydrogen-bond donors (Lipinski definition) is 0. The van der Waals surface area contributed by atoms with Gasteiger partial charge in [-0.3, -0.25) is 4.98 Å². The van der Waals surface area contributed by atoms with Gasteiger partial charge >= 0.3 is 0 Å². The second kappa shape index (κ2) is 13.2. The summed E-state index contributed by atoms with van der Waals surface area (Å²) in [6.45, 7) is 0. The maximum Gasteiger partial charge on any atom is 0.0709 e. The monoisotopic (exact) mass is 663 g/mol. The van der Waals surface area contributed by atoms with E-state index in [0.29, 0.717) is 0 Å². The quantitative estimate of drug-likeness (QED) is 0.153. The van der Waals surface area contributed by atoms with E-state index in [0.717, 1.165) is 27.7 Å². The van der Waals surface area contributed by atoms with Crippen molar-refractivity contribution >= 4 is 67.5 Å². The van der Waals surface area contributed by atoms with Crippen LogP contribution in [0.5, 0.6) is 0 Å². The zero-order chi connectivity index (χ0) is 31.4. The number of rotatable bonds is 8. The molecule has 0 unspecified atom stereocenters. The van der Waals surface area contributed by atoms with Crippen molar-refractivity contribution < 1.29 is 0 Å². The standard InChI is InChI=1S/C41H31NP2S2/c45-43(33-17-5-1-6-18-33,34-19-7-2-8-20-34)40-27-15-13-25-37(40)32-29-30-39(42-31-32)38-26-14-16-28-41(38)44(46,35-21-9-3-10-22-35)36-23-11-4-12-24-36/h1-31H. The van der Waals surface area contributed by atoms with Gasteiger partial charge in [-0.2, -0.15) is 0 Å². The fraction of sp³-hybridized carbons (Fsp3) is 0. The van der Waals surface area contributed by atoms with Crippen molar-refractivity contribution in [2.75, 3.05) is 0 Å². The van der Waals surface area contributed by atoms with E-state index in [1.54, 1.807) is 0 Å². The summed E-state index contributed by atoms with van der Waals surface area (Å²) in [5.74, 6) is 0. The van der Waals surface area contributed by atoms with Crippen molar-refractivity contribution in [2.45, 2.75) is 0 Å². The Morgan fingerprint density at radius 1 is 0.348 bits per heavy atom. The molecule has 0 atom stereocenters. The number of hydrogen-bond acceptors (Lipinski definition) is 3. The maximum atomic E-state index is 6.72. The molecule has 0 amide bonds. The van der Waals surface area contributed by atoms with Crippen molar-refractivity contribution in [3.05, 3.63) is 188 Å². The predicted octanol–water partition coefficient (Wildman–Crippen LogP) is 7.93. The first-order chi connectivity index (χ1) is 22.6. The Bertz CT molecular complexity index is 1940. The normalized spacial score (nSPS) is 11.7. The van der Waals surface area contributed by atoms with Crippen LogP contribution >= 0.6 is 12.1 Å². The molecular weight excluding hydrogens is 633 g/mol. The molecule has 0 fully saturated rings. The maximum absolute atomic E-state index is 6.72. The molecule has 0 saturated heterocycles. The third-order valence-corrected chi connectivity index (χ3v) is 18.3. The molecule has 7 aromatic rings. The van der Waals surface area contributed by atoms with Crippen LogP contribution in [0, 0.1) is 0 Å². The molecule has 0 saturated carbocycles. The molecular formula is C41H31NP2S2. The minimum absolute atomic E-state index is 0.906. The molecule has 5 heteroatoms. The molecule has 7 rings (SSSR count). The fourth-order valence-corrected chi connectivity index (χ4v) is 14.2. The van der Waals surface area contributed by atoms with Gasteiger partial charge in [-0.15, -0.1) is 0 Å². The molecule has 0 aliphatic carbocycles. The van der Waals surface area contributed by atoms with Crippen molar-refractivity contribution in [1.29, 1.82) is 0 Å². The lowest BCUT2D eigenvalue weighted by Crippen LogP contribution is -2.26. The van der Waals surface area contributed by atoms with Crippen molar-refractivity contribution in [3.8, 4) is 22.4 Å². The van der Waals surface area contributed by atoms with Gasteiger partial charge in [0, 0.05) is 40.0 Å². The molecule has 0 aliphatic rings. The summed E-state index contributed by atoms with van der Waals surface area (Å²) in [6, 6.07) is 58.9. The van der Waals surface area contributed by atoms with Crippen LogP contribution < -0.4 is 31.8 Å². The molecule has 0 radical (unpaired) electrons. The largest absolute Gasteiger partial charge is 0.256 e. The molecule has 0 aliphatic heterocycles. The summed E-state index contributed by atoms with van der Waals surface area (Å²) < 4.78 is 0. The topological polar surface area (TPSA) is 12.9 Å². The summed E-state index contributed by atoms with van der Waals surface area (Å²) in [4.78, 5) is 5.11. The molecule has 1 heterocycles. The number of aromatic nitrogens is 1. The van der Waals surface area contributed by atoms with Gasteiger partial charge in [0.1, 0.15) is 0 Å². The third-order valence-electron chi connectivity index (χ3n) is 8.32. The summed E-state index contributed by atoms with van der Waals surface area (Å²) >= 11 is 13.4. The molecule has 0 bridgehead atoms. The Labute approximate surface area is 281 Å². The van der Waals surface area contributed by atoms with E-state index in [9.17, 15) is 0 Å². The minimum Gasteiger partial charge on any atom is -0.256 e. The average molecular weight is 664 g/mol. The zero-order valence-electron chi connectivity index (χ0n) is 25.1. The molecule has 1 nitrogen and oxygen atoms in total. The van der Waals surface area contributed by atoms with Gasteiger partial charge in [0.2, 0.25) is 0 Å². The van der Waals surface area contributed by atoms with E-state index in [1.807, 2.05) is 18.3 Å². The Kier molecular flexibility index (Phi) is 8.76. The minimum atomic E-state index is -2.36. The van der Waals surface area contributed by atoms with Gasteiger partial charge in [-0.05, 0) is 32.8 Å². The van der Waals surface area contributed by atoms with Gasteiger partial charge in [-0.25, -0.2) is 0 Å². The zero-order valence-corrected chi connectivity index (χ0v) is 28.5. The van der Waals surface area contributed by atoms with Crippen LogP contribution in [0.15, 0.2) is 188 Å². The molecule has 0 spiro atoms. The second-order valence-electron chi connectivity index (χ2n) is 11.0. The van der Waals surface area contributed by atoms with E-state index in [2.05, 4.69) is 170 Å². The van der Waals surface area contributed by atoms with E-state index < -0.39 is 12.1 Å². The van der Waals surface area contributed by atoms with Gasteiger partial charge in [0.15, 0.2) is 0 Å². The van der Waals surface area contributed by atoms with E-state index in [-0.39, 0.29) is 0 Å². The van der Waals surface area contributed by atoms with Gasteiger partial charge < -0.3 is 0 Å². The fourth-order valence-electron chi connectivity index (χ4n) is 6.08. The van der Waals surface area contributed by atoms with Crippen LogP contribution in [0.2, 0.25) is 0 Å². The van der Waals surface area contributed by atoms with Crippen LogP contribution in [0.3, 0.4) is 0 Å². The van der Waals surface area contributed by atoms with E-state index >= 15 is 0 Å². The number of nitrogens with zero attached hydrogens (tertiary/aromatic N) is 1. The lowest BCUT2D eigenvalue weighted by Gasteiger charge is -2.27. The lowest BCUT2D eigenvalue weighted by molar-refractivity contribution is 1.33. The molecule has 6 aromatic carbocycles. The molecule has 222 valence electrons. The second-order valence-corrected chi connectivity index (χ2v) is 19.8. The van der Waals surface area contributed by atoms with Crippen LogP contribution in [0.1, 0.15) is 0 Å². The summed E-state index contributed by atoms with van der Waals surface area (Å²) in [5.41, 5.74) is 4.13. The van der Waals surface area contributed by atoms with Gasteiger partial charge in [0.05, 0.1) is 5.69 Å². The van der Waals surface area contributed by atoms with E-state index in [1.165, 1.54) is 26.5 Å². The Balaban J connectivity index is 1.36. The Hall–Kier alpha value is -4.23. The highest BCUT2D eigenvalue weighted by atomic mass is 32.4. The highest BCUT2D eigenvalue weighted by molar-refractivity contribution is 8.26. The SMILES string of the molecule is S=P(c1ccccc1)(c1ccccc1)c1ccccc1-c1ccc(-c2ccccc2P(=S)(c2ccccc2)c2ccccc2)nc1. The van der Waals surface area contributed by atoms with Crippen LogP contribution in [0.4, 0.5) is 0 Å². The Morgan fingerprint density at radius 2 is 0.696 bits per heavy atom. The number of pyridine rings is 1. The van der Waals surface area contributed by atoms with E-state index in [4.69, 9.17) is 28.6 Å². The van der Waals surface area contributed by atoms with Crippen molar-refractivity contribution in [1.82, 2.24) is 4.98 Å². The summed E-state index contributed by atoms with van der Waals surface area (Å²) in [5, 5.41) is 7.00. The smallest absolute Gasteiger partial charge is 0.0709 e. The summed E-state index contributed by atoms with van der Waals surface area (Å²) in [6.07, 6.45) is 2.00. The summed E-state index contributed by atoms with van der Waals surface area (Å²) in [7, 11) is 0. The molecule has 0 N–H and O–H groups in total. The first kappa shape index (κ1) is 30.4. The van der Waals surface area contributed by atoms with Crippen molar-refractivity contribution in [3.63, 3.8) is 0 Å². The first-order valence-corrected chi connectivity index (χ1v) is 20.8. The van der Waals surface area contributed by atoms with Gasteiger partial charge in [-0.1, -0.05) is 200 Å². The predicted molar refractivity (Wildman–Crippen MR) is 207 cm³/mol.